The summed E-state index contributed by atoms with van der Waals surface area (Å²) in [5.74, 6) is 1.78. The first kappa shape index (κ1) is 15.7. The second-order valence-corrected chi connectivity index (χ2v) is 6.41. The predicted octanol–water partition coefficient (Wildman–Crippen LogP) is 1.53. The number of nitrogens with one attached hydrogen (secondary N) is 1. The molecule has 0 atom stereocenters. The van der Waals surface area contributed by atoms with Crippen molar-refractivity contribution in [1.29, 1.82) is 0 Å². The second-order valence-electron chi connectivity index (χ2n) is 5.63. The Hall–Kier alpha value is -2.22. The van der Waals surface area contributed by atoms with Crippen molar-refractivity contribution in [3.05, 3.63) is 28.2 Å². The number of rotatable bonds is 5. The average Bonchev–Trinajstić information content (AvgIpc) is 3.25. The Labute approximate surface area is 139 Å². The number of aromatic nitrogens is 3. The molecule has 1 saturated heterocycles. The zero-order valence-corrected chi connectivity index (χ0v) is 14.1. The molecule has 0 aliphatic carbocycles. The molecule has 0 saturated carbocycles. The van der Waals surface area contributed by atoms with Crippen LogP contribution in [0.5, 0.6) is 0 Å². The molecular formula is C15H20N6OS. The summed E-state index contributed by atoms with van der Waals surface area (Å²) in [5.41, 5.74) is 0.664. The Bertz CT molecular complexity index is 667. The van der Waals surface area contributed by atoms with Gasteiger partial charge in [-0.05, 0) is 24.3 Å². The molecule has 122 valence electrons. The first-order valence-electron chi connectivity index (χ1n) is 7.61. The molecule has 1 aliphatic heterocycles. The van der Waals surface area contributed by atoms with E-state index in [1.165, 1.54) is 11.3 Å². The van der Waals surface area contributed by atoms with Crippen LogP contribution in [-0.2, 0) is 6.54 Å². The van der Waals surface area contributed by atoms with Crippen LogP contribution in [0.15, 0.2) is 16.8 Å². The molecule has 7 nitrogen and oxygen atoms in total. The Kier molecular flexibility index (Phi) is 4.71. The summed E-state index contributed by atoms with van der Waals surface area (Å²) in [6, 6.07) is 1.80. The highest BCUT2D eigenvalue weighted by atomic mass is 32.1. The molecule has 1 amide bonds. The first-order valence-corrected chi connectivity index (χ1v) is 8.55. The quantitative estimate of drug-likeness (QED) is 0.895. The normalized spacial score (nSPS) is 14.1. The van der Waals surface area contributed by atoms with Crippen LogP contribution in [0.25, 0.3) is 0 Å². The molecule has 3 rings (SSSR count). The molecule has 23 heavy (non-hydrogen) atoms. The van der Waals surface area contributed by atoms with E-state index in [0.717, 1.165) is 25.9 Å². The molecule has 0 spiro atoms. The van der Waals surface area contributed by atoms with E-state index in [2.05, 4.69) is 25.2 Å². The van der Waals surface area contributed by atoms with E-state index >= 15 is 0 Å². The topological polar surface area (TPSA) is 74.2 Å². The van der Waals surface area contributed by atoms with Crippen LogP contribution >= 0.6 is 11.3 Å². The van der Waals surface area contributed by atoms with Gasteiger partial charge in [0.25, 0.3) is 5.91 Å². The number of hydrogen-bond acceptors (Lipinski definition) is 7. The third-order valence-corrected chi connectivity index (χ3v) is 4.32. The van der Waals surface area contributed by atoms with Crippen LogP contribution in [0.1, 0.15) is 29.0 Å². The number of anilines is 2. The van der Waals surface area contributed by atoms with Crippen LogP contribution in [0, 0.1) is 0 Å². The summed E-state index contributed by atoms with van der Waals surface area (Å²) in [6.45, 7) is 2.23. The molecule has 1 aliphatic rings. The van der Waals surface area contributed by atoms with Gasteiger partial charge in [0.1, 0.15) is 0 Å². The van der Waals surface area contributed by atoms with E-state index in [1.807, 2.05) is 29.8 Å². The lowest BCUT2D eigenvalue weighted by molar-refractivity contribution is 0.0950. The van der Waals surface area contributed by atoms with Gasteiger partial charge < -0.3 is 15.1 Å². The highest BCUT2D eigenvalue weighted by molar-refractivity contribution is 7.08. The highest BCUT2D eigenvalue weighted by Gasteiger charge is 2.18. The van der Waals surface area contributed by atoms with Crippen molar-refractivity contribution in [3.63, 3.8) is 0 Å². The van der Waals surface area contributed by atoms with Crippen molar-refractivity contribution in [2.45, 2.75) is 19.4 Å². The molecule has 2 aromatic rings. The summed E-state index contributed by atoms with van der Waals surface area (Å²) in [6.07, 6.45) is 2.32. The van der Waals surface area contributed by atoms with Gasteiger partial charge in [-0.2, -0.15) is 26.3 Å². The van der Waals surface area contributed by atoms with Crippen LogP contribution in [-0.4, -0.2) is 48.0 Å². The zero-order chi connectivity index (χ0) is 16.2. The van der Waals surface area contributed by atoms with Gasteiger partial charge in [0, 0.05) is 38.1 Å². The fourth-order valence-electron chi connectivity index (χ4n) is 2.39. The Morgan fingerprint density at radius 2 is 2.09 bits per heavy atom. The van der Waals surface area contributed by atoms with Crippen LogP contribution in [0.3, 0.4) is 0 Å². The predicted molar refractivity (Wildman–Crippen MR) is 91.1 cm³/mol. The van der Waals surface area contributed by atoms with Gasteiger partial charge in [0.2, 0.25) is 11.9 Å². The van der Waals surface area contributed by atoms with E-state index < -0.39 is 0 Å². The van der Waals surface area contributed by atoms with Crippen molar-refractivity contribution >= 4 is 29.1 Å². The standard InChI is InChI=1S/C15H20N6OS/c1-20(2)14-17-12(9-16-13(22)11-5-8-23-10-11)18-15(19-14)21-6-3-4-7-21/h5,8,10H,3-4,6-7,9H2,1-2H3,(H,16,22). The van der Waals surface area contributed by atoms with E-state index in [1.54, 1.807) is 6.07 Å². The largest absolute Gasteiger partial charge is 0.347 e. The van der Waals surface area contributed by atoms with E-state index in [0.29, 0.717) is 29.8 Å². The summed E-state index contributed by atoms with van der Waals surface area (Å²) < 4.78 is 0. The van der Waals surface area contributed by atoms with Crippen molar-refractivity contribution in [3.8, 4) is 0 Å². The lowest BCUT2D eigenvalue weighted by atomic mass is 10.3. The smallest absolute Gasteiger partial charge is 0.252 e. The van der Waals surface area contributed by atoms with Crippen LogP contribution < -0.4 is 15.1 Å². The maximum absolute atomic E-state index is 12.0. The van der Waals surface area contributed by atoms with Gasteiger partial charge in [-0.3, -0.25) is 4.79 Å². The number of amides is 1. The Balaban J connectivity index is 1.76. The third kappa shape index (κ3) is 3.76. The zero-order valence-electron chi connectivity index (χ0n) is 13.3. The van der Waals surface area contributed by atoms with E-state index in [9.17, 15) is 4.79 Å². The van der Waals surface area contributed by atoms with Gasteiger partial charge in [-0.1, -0.05) is 0 Å². The van der Waals surface area contributed by atoms with Crippen molar-refractivity contribution in [1.82, 2.24) is 20.3 Å². The highest BCUT2D eigenvalue weighted by Crippen LogP contribution is 2.18. The fraction of sp³-hybridized carbons (Fsp3) is 0.467. The molecule has 0 radical (unpaired) electrons. The molecular weight excluding hydrogens is 312 g/mol. The van der Waals surface area contributed by atoms with E-state index in [4.69, 9.17) is 0 Å². The number of thiophene rings is 1. The summed E-state index contributed by atoms with van der Waals surface area (Å²) in [7, 11) is 3.80. The third-order valence-electron chi connectivity index (χ3n) is 3.64. The van der Waals surface area contributed by atoms with Crippen LogP contribution in [0.4, 0.5) is 11.9 Å². The average molecular weight is 332 g/mol. The molecule has 2 aromatic heterocycles. The number of carbonyl (C=O) groups is 1. The van der Waals surface area contributed by atoms with Crippen molar-refractivity contribution in [2.75, 3.05) is 37.0 Å². The minimum Gasteiger partial charge on any atom is -0.347 e. The lowest BCUT2D eigenvalue weighted by Gasteiger charge is -2.18. The monoisotopic (exact) mass is 332 g/mol. The molecule has 1 fully saturated rings. The molecule has 3 heterocycles. The van der Waals surface area contributed by atoms with Gasteiger partial charge in [-0.25, -0.2) is 0 Å². The Morgan fingerprint density at radius 1 is 1.30 bits per heavy atom. The van der Waals surface area contributed by atoms with Crippen LogP contribution in [0.2, 0.25) is 0 Å². The Morgan fingerprint density at radius 3 is 2.74 bits per heavy atom. The van der Waals surface area contributed by atoms with Gasteiger partial charge in [0.05, 0.1) is 6.54 Å². The maximum atomic E-state index is 12.0. The molecule has 0 bridgehead atoms. The minimum absolute atomic E-state index is 0.110. The lowest BCUT2D eigenvalue weighted by Crippen LogP contribution is -2.27. The van der Waals surface area contributed by atoms with Gasteiger partial charge in [0.15, 0.2) is 5.82 Å². The van der Waals surface area contributed by atoms with Gasteiger partial charge >= 0.3 is 0 Å². The van der Waals surface area contributed by atoms with Crippen molar-refractivity contribution < 1.29 is 4.79 Å². The molecule has 0 unspecified atom stereocenters. The maximum Gasteiger partial charge on any atom is 0.252 e. The van der Waals surface area contributed by atoms with Gasteiger partial charge in [-0.15, -0.1) is 0 Å². The molecule has 1 N–H and O–H groups in total. The summed E-state index contributed by atoms with van der Waals surface area (Å²) >= 11 is 1.50. The summed E-state index contributed by atoms with van der Waals surface area (Å²) in [5, 5.41) is 6.57. The minimum atomic E-state index is -0.110. The SMILES string of the molecule is CN(C)c1nc(CNC(=O)c2ccsc2)nc(N2CCCC2)n1. The fourth-order valence-corrected chi connectivity index (χ4v) is 3.02. The molecule has 8 heteroatoms. The number of hydrogen-bond donors (Lipinski definition) is 1. The first-order chi connectivity index (χ1) is 11.1. The van der Waals surface area contributed by atoms with Crippen molar-refractivity contribution in [2.24, 2.45) is 0 Å². The second kappa shape index (κ2) is 6.91. The molecule has 0 aromatic carbocycles. The van der Waals surface area contributed by atoms with E-state index in [-0.39, 0.29) is 5.91 Å². The summed E-state index contributed by atoms with van der Waals surface area (Å²) in [4.78, 5) is 29.5. The number of nitrogens with zero attached hydrogens (tertiary/aromatic N) is 5. The number of carbonyl (C=O) groups excluding carboxylic acids is 1.